The fourth-order valence-electron chi connectivity index (χ4n) is 7.49. The predicted octanol–water partition coefficient (Wildman–Crippen LogP) is 10.9. The number of aromatic hydroxyl groups is 1. The molecule has 36 heteroatoms. The van der Waals surface area contributed by atoms with Gasteiger partial charge in [-0.25, -0.2) is 9.97 Å². The normalized spacial score (nSPS) is 12.3. The van der Waals surface area contributed by atoms with Crippen LogP contribution in [0.3, 0.4) is 0 Å². The summed E-state index contributed by atoms with van der Waals surface area (Å²) in [6, 6.07) is 21.2. The number of imidazole rings is 1. The van der Waals surface area contributed by atoms with Gasteiger partial charge in [0.15, 0.2) is 11.3 Å². The molecule has 0 bridgehead atoms. The van der Waals surface area contributed by atoms with Gasteiger partial charge in [0.1, 0.15) is 50.6 Å². The molecule has 440 valence electrons. The van der Waals surface area contributed by atoms with Crippen molar-refractivity contribution in [1.82, 2.24) is 14.4 Å². The summed E-state index contributed by atoms with van der Waals surface area (Å²) in [5.74, 6) is -0.864. The smallest absolute Gasteiger partial charge is 0.425 e. The zero-order valence-electron chi connectivity index (χ0n) is 43.3. The van der Waals surface area contributed by atoms with Gasteiger partial charge in [-0.05, 0) is 92.3 Å². The number of hydrogen-bond acceptors (Lipinski definition) is 25. The molecule has 5 aromatic carbocycles. The number of nitriles is 1. The standard InChI is InChI=1S/C46H41ClN10O12S5.CH4O3S.O3S/c1-4-14-68-37-20-27-10-7-13-39(74(65,66)67)40(27)43-42(37)50-46(71-43)56-52-32-23-38(70-16-9-18-73(62,63)64)34(21-29(32)47)54-51-31-22-36(69-15-8-17-72(59,60)61)33(19-25(31)2)53-55-41-26(3)28(24-48)44-49-30-11-5-6-12-35(30)57(44)45(41)58;1-5(2,3)4;1-4(2)3/h5-7,10-13,19-23,58H,4,8-9,14-18H2,1-3H3,(H,59,60,61)(H,62,63,64)(H,65,66,67);1H3,(H,2,3,4);. The van der Waals surface area contributed by atoms with Crippen molar-refractivity contribution in [2.45, 2.75) is 49.8 Å². The first-order valence-corrected chi connectivity index (χ1v) is 33.1. The molecule has 8 aromatic rings. The highest BCUT2D eigenvalue weighted by Crippen LogP contribution is 2.46. The van der Waals surface area contributed by atoms with Crippen molar-refractivity contribution >= 4 is 157 Å². The molecular formula is C47H45ClN10O18S7. The zero-order valence-corrected chi connectivity index (χ0v) is 49.8. The van der Waals surface area contributed by atoms with E-state index in [-0.39, 0.29) is 96.9 Å². The lowest BCUT2D eigenvalue weighted by molar-refractivity contribution is 0.317. The average molecular weight is 1300 g/mol. The molecule has 0 saturated heterocycles. The maximum atomic E-state index is 12.5. The number of aromatic nitrogens is 3. The number of pyridine rings is 1. The lowest BCUT2D eigenvalue weighted by atomic mass is 10.1. The van der Waals surface area contributed by atoms with Crippen LogP contribution in [-0.4, -0.2) is 121 Å². The Labute approximate surface area is 487 Å². The fourth-order valence-corrected chi connectivity index (χ4v) is 11.6. The van der Waals surface area contributed by atoms with E-state index < -0.39 is 62.6 Å². The zero-order chi connectivity index (χ0) is 61.2. The minimum Gasteiger partial charge on any atom is -0.493 e. The molecule has 5 N–H and O–H groups in total. The van der Waals surface area contributed by atoms with E-state index in [0.29, 0.717) is 67.7 Å². The first kappa shape index (κ1) is 65.0. The summed E-state index contributed by atoms with van der Waals surface area (Å²) in [5.41, 5.74) is 3.14. The molecule has 0 aliphatic rings. The van der Waals surface area contributed by atoms with E-state index in [2.05, 4.69) is 46.7 Å². The third kappa shape index (κ3) is 17.9. The predicted molar refractivity (Wildman–Crippen MR) is 307 cm³/mol. The van der Waals surface area contributed by atoms with E-state index in [1.165, 1.54) is 34.7 Å². The molecule has 8 rings (SSSR count). The minimum atomic E-state index is -4.65. The number of azo groups is 3. The molecule has 83 heavy (non-hydrogen) atoms. The molecule has 0 amide bonds. The van der Waals surface area contributed by atoms with Crippen LogP contribution in [0.2, 0.25) is 5.02 Å². The SMILES string of the molecule is CCCOc1cc2cccc(S(=O)(=O)O)c2c2sc(N=Nc3cc(SCCCS(=O)(=O)O)c(N=Nc4cc(OCCCS(=O)(=O)O)c(N=Nc5c(C)c(C#N)c6nc7ccccc7n6c5O)cc4C)cc3Cl)nc12.CS(=O)(=O)O.O=S(=O)=O. The number of thiazole rings is 1. The maximum absolute atomic E-state index is 12.5. The number of aryl methyl sites for hydroxylation is 1. The molecule has 0 aliphatic heterocycles. The van der Waals surface area contributed by atoms with Crippen molar-refractivity contribution in [1.29, 1.82) is 5.26 Å². The van der Waals surface area contributed by atoms with E-state index >= 15 is 0 Å². The number of rotatable bonds is 20. The summed E-state index contributed by atoms with van der Waals surface area (Å²) in [6.07, 6.45) is 1.32. The molecule has 0 atom stereocenters. The highest BCUT2D eigenvalue weighted by atomic mass is 35.5. The summed E-state index contributed by atoms with van der Waals surface area (Å²) in [4.78, 5) is 9.20. The van der Waals surface area contributed by atoms with Crippen LogP contribution in [0.1, 0.15) is 42.9 Å². The number of halogens is 1. The largest absolute Gasteiger partial charge is 0.493 e. The van der Waals surface area contributed by atoms with Crippen LogP contribution in [0, 0.1) is 25.2 Å². The van der Waals surface area contributed by atoms with Crippen molar-refractivity contribution in [2.24, 2.45) is 30.7 Å². The monoisotopic (exact) mass is 1300 g/mol. The van der Waals surface area contributed by atoms with Crippen molar-refractivity contribution in [3.05, 3.63) is 94.5 Å². The van der Waals surface area contributed by atoms with E-state index in [0.717, 1.165) is 23.1 Å². The number of thioether (sulfide) groups is 1. The first-order valence-electron chi connectivity index (χ1n) is 23.4. The van der Waals surface area contributed by atoms with Gasteiger partial charge in [-0.2, -0.15) is 44.0 Å². The van der Waals surface area contributed by atoms with E-state index in [1.807, 2.05) is 6.92 Å². The van der Waals surface area contributed by atoms with Gasteiger partial charge in [-0.15, -0.1) is 50.0 Å². The number of benzene rings is 5. The Kier molecular flexibility index (Phi) is 21.5. The summed E-state index contributed by atoms with van der Waals surface area (Å²) in [6.45, 7) is 5.32. The highest BCUT2D eigenvalue weighted by Gasteiger charge is 2.24. The topological polar surface area (TPSA) is 436 Å². The quantitative estimate of drug-likeness (QED) is 0.0205. The number of hydrogen-bond donors (Lipinski definition) is 5. The van der Waals surface area contributed by atoms with E-state index in [1.54, 1.807) is 56.3 Å². The number of ether oxygens (including phenoxy) is 2. The first-order chi connectivity index (χ1) is 38.9. The molecule has 0 saturated carbocycles. The van der Waals surface area contributed by atoms with Gasteiger partial charge in [-0.3, -0.25) is 22.6 Å². The second kappa shape index (κ2) is 27.5. The summed E-state index contributed by atoms with van der Waals surface area (Å²) >= 11 is 8.95. The van der Waals surface area contributed by atoms with Gasteiger partial charge in [-0.1, -0.05) is 54.1 Å². The van der Waals surface area contributed by atoms with Gasteiger partial charge in [0.05, 0.1) is 57.4 Å². The molecule has 0 fully saturated rings. The Balaban J connectivity index is 0.00000114. The Bertz CT molecular complexity index is 4540. The molecular weight excluding hydrogens is 1250 g/mol. The van der Waals surface area contributed by atoms with Crippen LogP contribution >= 0.6 is 34.7 Å². The Morgan fingerprint density at radius 3 is 2.04 bits per heavy atom. The lowest BCUT2D eigenvalue weighted by Gasteiger charge is -2.12. The summed E-state index contributed by atoms with van der Waals surface area (Å²) in [7, 11) is -20.0. The van der Waals surface area contributed by atoms with Gasteiger partial charge in [0.2, 0.25) is 11.0 Å². The molecule has 0 radical (unpaired) electrons. The Morgan fingerprint density at radius 2 is 1.39 bits per heavy atom. The van der Waals surface area contributed by atoms with Crippen LogP contribution in [0.5, 0.6) is 17.4 Å². The second-order valence-electron chi connectivity index (χ2n) is 17.2. The third-order valence-electron chi connectivity index (χ3n) is 10.9. The average Bonchev–Trinajstić information content (AvgIpc) is 2.55. The Hall–Kier alpha value is -7.21. The molecule has 0 aliphatic carbocycles. The van der Waals surface area contributed by atoms with Crippen LogP contribution in [0.4, 0.5) is 33.6 Å². The van der Waals surface area contributed by atoms with Crippen LogP contribution in [-0.2, 0) is 51.1 Å². The van der Waals surface area contributed by atoms with Crippen molar-refractivity contribution in [2.75, 3.05) is 36.7 Å². The van der Waals surface area contributed by atoms with Crippen LogP contribution in [0.25, 0.3) is 37.7 Å². The van der Waals surface area contributed by atoms with Gasteiger partial charge in [0, 0.05) is 21.9 Å². The molecule has 28 nitrogen and oxygen atoms in total. The highest BCUT2D eigenvalue weighted by molar-refractivity contribution is 7.99. The second-order valence-corrected chi connectivity index (χ2v) is 26.1. The number of para-hydroxylation sites is 2. The maximum Gasteiger partial charge on any atom is 0.425 e. The Morgan fingerprint density at radius 1 is 0.759 bits per heavy atom. The van der Waals surface area contributed by atoms with E-state index in [9.17, 15) is 57.7 Å². The van der Waals surface area contributed by atoms with Gasteiger partial charge in [0.25, 0.3) is 40.5 Å². The molecule has 3 heterocycles. The van der Waals surface area contributed by atoms with Crippen molar-refractivity contribution < 1.29 is 79.1 Å². The molecule has 0 spiro atoms. The van der Waals surface area contributed by atoms with Gasteiger partial charge >= 0.3 is 10.6 Å². The fraction of sp³-hybridized carbons (Fsp3) is 0.255. The summed E-state index contributed by atoms with van der Waals surface area (Å²) in [5, 5.41) is 48.9. The molecule has 0 unspecified atom stereocenters. The molecule has 3 aromatic heterocycles. The number of fused-ring (bicyclic) bond motifs is 6. The van der Waals surface area contributed by atoms with Gasteiger partial charge < -0.3 is 14.6 Å². The third-order valence-corrected chi connectivity index (χ3v) is 15.8. The van der Waals surface area contributed by atoms with Crippen LogP contribution in [0.15, 0.2) is 113 Å². The lowest BCUT2D eigenvalue weighted by Crippen LogP contribution is -2.08. The number of nitrogens with zero attached hydrogens (tertiary/aromatic N) is 10. The van der Waals surface area contributed by atoms with E-state index in [4.69, 9.17) is 38.3 Å². The van der Waals surface area contributed by atoms with Crippen molar-refractivity contribution in [3.63, 3.8) is 0 Å². The van der Waals surface area contributed by atoms with Crippen molar-refractivity contribution in [3.8, 4) is 23.4 Å². The minimum absolute atomic E-state index is 0.0356. The summed E-state index contributed by atoms with van der Waals surface area (Å²) < 4.78 is 165. The van der Waals surface area contributed by atoms with Crippen LogP contribution < -0.4 is 9.47 Å².